The lowest BCUT2D eigenvalue weighted by atomic mass is 10.2. The Bertz CT molecular complexity index is 651. The minimum atomic E-state index is -0.346. The van der Waals surface area contributed by atoms with Crippen LogP contribution in [0.5, 0.6) is 0 Å². The van der Waals surface area contributed by atoms with Crippen molar-refractivity contribution in [2.45, 2.75) is 18.4 Å². The zero-order valence-corrected chi connectivity index (χ0v) is 12.9. The van der Waals surface area contributed by atoms with E-state index in [1.54, 1.807) is 18.2 Å². The highest BCUT2D eigenvalue weighted by Crippen LogP contribution is 2.22. The molecule has 0 aliphatic carbocycles. The lowest BCUT2D eigenvalue weighted by molar-refractivity contribution is 0.246. The molecule has 0 unspecified atom stereocenters. The van der Waals surface area contributed by atoms with Gasteiger partial charge in [0.25, 0.3) is 0 Å². The van der Waals surface area contributed by atoms with E-state index in [0.717, 1.165) is 10.5 Å². The predicted octanol–water partition coefficient (Wildman–Crippen LogP) is 4.29. The van der Waals surface area contributed by atoms with Crippen LogP contribution in [-0.4, -0.2) is 6.03 Å². The number of urea groups is 1. The number of aryl methyl sites for hydroxylation is 1. The Kier molecular flexibility index (Phi) is 5.47. The third kappa shape index (κ3) is 4.95. The average molecular weight is 325 g/mol. The maximum atomic E-state index is 13.0. The quantitative estimate of drug-likeness (QED) is 0.823. The third-order valence-corrected chi connectivity index (χ3v) is 3.93. The largest absolute Gasteiger partial charge is 0.333 e. The van der Waals surface area contributed by atoms with Gasteiger partial charge in [0.2, 0.25) is 0 Å². The van der Waals surface area contributed by atoms with Crippen molar-refractivity contribution in [2.24, 2.45) is 0 Å². The van der Waals surface area contributed by atoms with E-state index in [9.17, 15) is 9.18 Å². The molecule has 21 heavy (non-hydrogen) atoms. The summed E-state index contributed by atoms with van der Waals surface area (Å²) in [5.74, 6) is -0.321. The standard InChI is InChI=1S/C15H14ClFN2OS/c1-10-5-6-13(8-14(10)16)21-19-15(20)18-9-11-3-2-4-12(17)7-11/h2-8H,9H2,1H3,(H2,18,19,20). The Labute approximate surface area is 132 Å². The van der Waals surface area contributed by atoms with Gasteiger partial charge in [-0.1, -0.05) is 29.8 Å². The molecule has 0 fully saturated rings. The van der Waals surface area contributed by atoms with E-state index in [0.29, 0.717) is 10.6 Å². The number of carbonyl (C=O) groups is 1. The van der Waals surface area contributed by atoms with Crippen LogP contribution in [0.3, 0.4) is 0 Å². The molecule has 2 aromatic carbocycles. The summed E-state index contributed by atoms with van der Waals surface area (Å²) < 4.78 is 15.6. The van der Waals surface area contributed by atoms with Crippen molar-refractivity contribution in [3.05, 3.63) is 64.4 Å². The summed E-state index contributed by atoms with van der Waals surface area (Å²) in [5.41, 5.74) is 1.69. The molecular formula is C15H14ClFN2OS. The second-order valence-electron chi connectivity index (χ2n) is 4.43. The number of hydrogen-bond acceptors (Lipinski definition) is 2. The third-order valence-electron chi connectivity index (χ3n) is 2.75. The fourth-order valence-electron chi connectivity index (χ4n) is 1.61. The second-order valence-corrected chi connectivity index (χ2v) is 5.71. The maximum Gasteiger partial charge on any atom is 0.325 e. The molecule has 0 atom stereocenters. The van der Waals surface area contributed by atoms with Crippen LogP contribution in [0.1, 0.15) is 11.1 Å². The highest BCUT2D eigenvalue weighted by atomic mass is 35.5. The Morgan fingerprint density at radius 1 is 1.29 bits per heavy atom. The van der Waals surface area contributed by atoms with Gasteiger partial charge < -0.3 is 5.32 Å². The SMILES string of the molecule is Cc1ccc(SNC(=O)NCc2cccc(F)c2)cc1Cl. The van der Waals surface area contributed by atoms with Gasteiger partial charge in [-0.2, -0.15) is 0 Å². The fraction of sp³-hybridized carbons (Fsp3) is 0.133. The first-order chi connectivity index (χ1) is 10.0. The fourth-order valence-corrected chi connectivity index (χ4v) is 2.45. The molecule has 110 valence electrons. The van der Waals surface area contributed by atoms with Crippen LogP contribution in [0.2, 0.25) is 5.02 Å². The van der Waals surface area contributed by atoms with Crippen LogP contribution in [0.15, 0.2) is 47.4 Å². The molecule has 2 rings (SSSR count). The topological polar surface area (TPSA) is 41.1 Å². The van der Waals surface area contributed by atoms with Crippen LogP contribution < -0.4 is 10.0 Å². The molecule has 0 saturated heterocycles. The minimum Gasteiger partial charge on any atom is -0.333 e. The molecule has 2 aromatic rings. The first-order valence-corrected chi connectivity index (χ1v) is 7.45. The van der Waals surface area contributed by atoms with Gasteiger partial charge in [0.15, 0.2) is 0 Å². The van der Waals surface area contributed by atoms with Gasteiger partial charge in [-0.15, -0.1) is 0 Å². The molecule has 0 aromatic heterocycles. The monoisotopic (exact) mass is 324 g/mol. The molecule has 0 saturated carbocycles. The summed E-state index contributed by atoms with van der Waals surface area (Å²) in [5, 5.41) is 3.31. The number of benzene rings is 2. The number of carbonyl (C=O) groups excluding carboxylic acids is 1. The van der Waals surface area contributed by atoms with Crippen molar-refractivity contribution in [3.8, 4) is 0 Å². The van der Waals surface area contributed by atoms with Gasteiger partial charge in [-0.3, -0.25) is 4.72 Å². The molecule has 0 bridgehead atoms. The number of hydrogen-bond donors (Lipinski definition) is 2. The van der Waals surface area contributed by atoms with Gasteiger partial charge >= 0.3 is 6.03 Å². The van der Waals surface area contributed by atoms with Crippen molar-refractivity contribution in [3.63, 3.8) is 0 Å². The van der Waals surface area contributed by atoms with E-state index in [2.05, 4.69) is 10.0 Å². The van der Waals surface area contributed by atoms with Crippen molar-refractivity contribution in [1.29, 1.82) is 0 Å². The molecule has 2 amide bonds. The summed E-state index contributed by atoms with van der Waals surface area (Å²) in [4.78, 5) is 12.5. The number of amides is 2. The van der Waals surface area contributed by atoms with E-state index in [1.807, 2.05) is 19.1 Å². The predicted molar refractivity (Wildman–Crippen MR) is 83.8 cm³/mol. The zero-order valence-electron chi connectivity index (χ0n) is 11.3. The lowest BCUT2D eigenvalue weighted by Gasteiger charge is -2.08. The van der Waals surface area contributed by atoms with Gasteiger partial charge in [0.1, 0.15) is 5.82 Å². The smallest absolute Gasteiger partial charge is 0.325 e. The molecule has 0 spiro atoms. The van der Waals surface area contributed by atoms with Crippen LogP contribution in [0, 0.1) is 12.7 Å². The summed E-state index contributed by atoms with van der Waals surface area (Å²) in [6, 6.07) is 11.3. The summed E-state index contributed by atoms with van der Waals surface area (Å²) in [6.45, 7) is 2.18. The lowest BCUT2D eigenvalue weighted by Crippen LogP contribution is -2.30. The maximum absolute atomic E-state index is 13.0. The summed E-state index contributed by atoms with van der Waals surface area (Å²) >= 11 is 7.18. The Balaban J connectivity index is 1.80. The zero-order chi connectivity index (χ0) is 15.2. The van der Waals surface area contributed by atoms with Crippen LogP contribution in [0.4, 0.5) is 9.18 Å². The average Bonchev–Trinajstić information content (AvgIpc) is 2.46. The van der Waals surface area contributed by atoms with Crippen LogP contribution in [0.25, 0.3) is 0 Å². The summed E-state index contributed by atoms with van der Waals surface area (Å²) in [6.07, 6.45) is 0. The molecular weight excluding hydrogens is 311 g/mol. The van der Waals surface area contributed by atoms with Crippen molar-refractivity contribution in [2.75, 3.05) is 0 Å². The van der Waals surface area contributed by atoms with Gasteiger partial charge in [-0.05, 0) is 54.3 Å². The molecule has 6 heteroatoms. The van der Waals surface area contributed by atoms with E-state index >= 15 is 0 Å². The van der Waals surface area contributed by atoms with E-state index in [4.69, 9.17) is 11.6 Å². The van der Waals surface area contributed by atoms with Crippen molar-refractivity contribution < 1.29 is 9.18 Å². The van der Waals surface area contributed by atoms with Crippen molar-refractivity contribution in [1.82, 2.24) is 10.0 Å². The molecule has 0 aliphatic rings. The van der Waals surface area contributed by atoms with Gasteiger partial charge in [-0.25, -0.2) is 9.18 Å². The summed E-state index contributed by atoms with van der Waals surface area (Å²) in [7, 11) is 0. The molecule has 0 aliphatic heterocycles. The number of rotatable bonds is 4. The highest BCUT2D eigenvalue weighted by molar-refractivity contribution is 7.98. The highest BCUT2D eigenvalue weighted by Gasteiger charge is 2.03. The first kappa shape index (κ1) is 15.7. The van der Waals surface area contributed by atoms with Crippen LogP contribution >= 0.6 is 23.5 Å². The van der Waals surface area contributed by atoms with Crippen molar-refractivity contribution >= 4 is 29.6 Å². The number of halogens is 2. The minimum absolute atomic E-state index is 0.263. The van der Waals surface area contributed by atoms with E-state index < -0.39 is 0 Å². The normalized spacial score (nSPS) is 10.2. The Morgan fingerprint density at radius 3 is 2.81 bits per heavy atom. The number of nitrogens with one attached hydrogen (secondary N) is 2. The Hall–Kier alpha value is -1.72. The Morgan fingerprint density at radius 2 is 2.10 bits per heavy atom. The van der Waals surface area contributed by atoms with E-state index in [-0.39, 0.29) is 18.4 Å². The van der Waals surface area contributed by atoms with Gasteiger partial charge in [0, 0.05) is 16.5 Å². The second kappa shape index (κ2) is 7.33. The van der Waals surface area contributed by atoms with Crippen LogP contribution in [-0.2, 0) is 6.54 Å². The van der Waals surface area contributed by atoms with E-state index in [1.165, 1.54) is 24.1 Å². The first-order valence-electron chi connectivity index (χ1n) is 6.26. The molecule has 3 nitrogen and oxygen atoms in total. The molecule has 0 radical (unpaired) electrons. The molecule has 0 heterocycles. The molecule has 2 N–H and O–H groups in total. The van der Waals surface area contributed by atoms with Gasteiger partial charge in [0.05, 0.1) is 0 Å².